The molecule has 5 nitrogen and oxygen atoms in total. The fraction of sp³-hybridized carbons (Fsp3) is 0.406. The summed E-state index contributed by atoms with van der Waals surface area (Å²) in [7, 11) is 0. The van der Waals surface area contributed by atoms with E-state index in [0.29, 0.717) is 36.8 Å². The normalized spacial score (nSPS) is 20.7. The Balaban J connectivity index is 1.24. The van der Waals surface area contributed by atoms with Gasteiger partial charge in [-0.15, -0.1) is 0 Å². The van der Waals surface area contributed by atoms with Crippen LogP contribution in [0.3, 0.4) is 0 Å². The number of aliphatic hydroxyl groups is 2. The Labute approximate surface area is 222 Å². The first-order chi connectivity index (χ1) is 18.3. The van der Waals surface area contributed by atoms with E-state index in [-0.39, 0.29) is 29.5 Å². The molecule has 6 heteroatoms. The van der Waals surface area contributed by atoms with Gasteiger partial charge in [-0.25, -0.2) is 14.4 Å². The molecule has 6 rings (SSSR count). The Kier molecular flexibility index (Phi) is 6.28. The lowest BCUT2D eigenvalue weighted by Gasteiger charge is -2.31. The number of Topliss-reactive ketones (excluding diaryl/α,β-unsaturated/α-hetero) is 1. The average Bonchev–Trinajstić information content (AvgIpc) is 3.86. The van der Waals surface area contributed by atoms with Crippen LogP contribution in [0.1, 0.15) is 90.7 Å². The van der Waals surface area contributed by atoms with Crippen LogP contribution in [-0.4, -0.2) is 32.6 Å². The molecule has 196 valence electrons. The number of hydrogen-bond donors (Lipinski definition) is 2. The number of benzene rings is 2. The quantitative estimate of drug-likeness (QED) is 0.289. The fourth-order valence-corrected chi connectivity index (χ4v) is 6.05. The molecule has 1 atom stereocenters. The summed E-state index contributed by atoms with van der Waals surface area (Å²) in [6, 6.07) is 10.9. The summed E-state index contributed by atoms with van der Waals surface area (Å²) in [6.45, 7) is 2.01. The molecule has 0 radical (unpaired) electrons. The van der Waals surface area contributed by atoms with Gasteiger partial charge in [0.15, 0.2) is 5.78 Å². The van der Waals surface area contributed by atoms with Gasteiger partial charge >= 0.3 is 0 Å². The number of halogens is 1. The lowest BCUT2D eigenvalue weighted by atomic mass is 9.73. The van der Waals surface area contributed by atoms with Crippen molar-refractivity contribution in [1.29, 1.82) is 0 Å². The zero-order chi connectivity index (χ0) is 26.5. The molecule has 0 aliphatic heterocycles. The van der Waals surface area contributed by atoms with E-state index < -0.39 is 5.60 Å². The molecule has 3 aliphatic carbocycles. The maximum Gasteiger partial charge on any atom is 0.166 e. The van der Waals surface area contributed by atoms with Gasteiger partial charge < -0.3 is 10.2 Å². The van der Waals surface area contributed by atoms with E-state index in [1.807, 2.05) is 19.1 Å². The fourth-order valence-electron chi connectivity index (χ4n) is 6.05. The van der Waals surface area contributed by atoms with E-state index in [0.717, 1.165) is 48.2 Å². The second-order valence-electron chi connectivity index (χ2n) is 11.5. The maximum atomic E-state index is 14.7. The average molecular weight is 513 g/mol. The zero-order valence-corrected chi connectivity index (χ0v) is 21.7. The molecule has 3 aliphatic rings. The van der Waals surface area contributed by atoms with Gasteiger partial charge in [-0.05, 0) is 92.2 Å². The second-order valence-corrected chi connectivity index (χ2v) is 11.5. The highest BCUT2D eigenvalue weighted by molar-refractivity contribution is 5.97. The predicted octanol–water partition coefficient (Wildman–Crippen LogP) is 5.93. The van der Waals surface area contributed by atoms with Crippen LogP contribution in [0, 0.1) is 5.82 Å². The van der Waals surface area contributed by atoms with Crippen molar-refractivity contribution in [2.24, 2.45) is 0 Å². The second kappa shape index (κ2) is 9.51. The van der Waals surface area contributed by atoms with Gasteiger partial charge in [-0.3, -0.25) is 4.79 Å². The standard InChI is InChI=1S/C32H33FN2O3/c1-20(3-2-12-36)13-29(37)21-4-6-27-22(14-21)15-23(17-31(27)8-9-31)30-34-18-24(19-35-30)26-16-25(5-7-28(26)33)32(38)10-11-32/h3-7,14,16,18-19,23,36,38H,2,8-13,15,17H2,1H3/b20-3+. The molecule has 2 saturated carbocycles. The zero-order valence-electron chi connectivity index (χ0n) is 21.7. The number of aromatic nitrogens is 2. The van der Waals surface area contributed by atoms with Crippen LogP contribution in [0.2, 0.25) is 0 Å². The summed E-state index contributed by atoms with van der Waals surface area (Å²) < 4.78 is 14.7. The Bertz CT molecular complexity index is 1420. The van der Waals surface area contributed by atoms with Crippen molar-refractivity contribution in [2.45, 2.75) is 75.2 Å². The predicted molar refractivity (Wildman–Crippen MR) is 143 cm³/mol. The van der Waals surface area contributed by atoms with Gasteiger partial charge in [0.05, 0.1) is 5.60 Å². The maximum absolute atomic E-state index is 14.7. The molecular weight excluding hydrogens is 479 g/mol. The number of fused-ring (bicyclic) bond motifs is 2. The summed E-state index contributed by atoms with van der Waals surface area (Å²) in [4.78, 5) is 22.3. The molecule has 2 aromatic carbocycles. The number of carbonyl (C=O) groups excluding carboxylic acids is 1. The number of carbonyl (C=O) groups is 1. The van der Waals surface area contributed by atoms with Crippen molar-refractivity contribution in [3.05, 3.63) is 94.3 Å². The van der Waals surface area contributed by atoms with Crippen LogP contribution in [0.5, 0.6) is 0 Å². The molecule has 0 amide bonds. The molecule has 1 heterocycles. The molecule has 38 heavy (non-hydrogen) atoms. The van der Waals surface area contributed by atoms with E-state index in [1.54, 1.807) is 24.5 Å². The summed E-state index contributed by atoms with van der Waals surface area (Å²) in [5, 5.41) is 19.5. The van der Waals surface area contributed by atoms with Crippen molar-refractivity contribution in [1.82, 2.24) is 9.97 Å². The first kappa shape index (κ1) is 25.1. The highest BCUT2D eigenvalue weighted by Gasteiger charge is 2.50. The molecule has 2 N–H and O–H groups in total. The minimum Gasteiger partial charge on any atom is -0.396 e. The number of aliphatic hydroxyl groups excluding tert-OH is 1. The molecule has 1 spiro atoms. The largest absolute Gasteiger partial charge is 0.396 e. The van der Waals surface area contributed by atoms with Crippen molar-refractivity contribution < 1.29 is 19.4 Å². The minimum absolute atomic E-state index is 0.0849. The van der Waals surface area contributed by atoms with Crippen molar-refractivity contribution in [3.63, 3.8) is 0 Å². The first-order valence-corrected chi connectivity index (χ1v) is 13.6. The van der Waals surface area contributed by atoms with Crippen molar-refractivity contribution >= 4 is 5.78 Å². The van der Waals surface area contributed by atoms with E-state index in [9.17, 15) is 14.3 Å². The topological polar surface area (TPSA) is 83.3 Å². The van der Waals surface area contributed by atoms with Crippen LogP contribution in [0.15, 0.2) is 60.4 Å². The van der Waals surface area contributed by atoms with E-state index in [4.69, 9.17) is 5.11 Å². The number of nitrogens with zero attached hydrogens (tertiary/aromatic N) is 2. The lowest BCUT2D eigenvalue weighted by molar-refractivity contribution is 0.0992. The molecule has 2 fully saturated rings. The van der Waals surface area contributed by atoms with Gasteiger partial charge in [-0.2, -0.15) is 0 Å². The third-order valence-electron chi connectivity index (χ3n) is 8.59. The Morgan fingerprint density at radius 3 is 2.55 bits per heavy atom. The van der Waals surface area contributed by atoms with E-state index >= 15 is 0 Å². The molecule has 1 unspecified atom stereocenters. The van der Waals surface area contributed by atoms with Crippen LogP contribution in [-0.2, 0) is 17.4 Å². The summed E-state index contributed by atoms with van der Waals surface area (Å²) >= 11 is 0. The SMILES string of the molecule is C/C(=C\CCO)CC(=O)c1ccc2c(c1)CC(c1ncc(-c3cc(C4(O)CC4)ccc3F)cn1)CC21CC1. The first-order valence-electron chi connectivity index (χ1n) is 13.6. The van der Waals surface area contributed by atoms with Gasteiger partial charge in [0.1, 0.15) is 11.6 Å². The third kappa shape index (κ3) is 4.72. The van der Waals surface area contributed by atoms with Crippen LogP contribution in [0.4, 0.5) is 4.39 Å². The molecule has 3 aromatic rings. The van der Waals surface area contributed by atoms with Crippen LogP contribution >= 0.6 is 0 Å². The van der Waals surface area contributed by atoms with Gasteiger partial charge in [0.2, 0.25) is 0 Å². The van der Waals surface area contributed by atoms with E-state index in [2.05, 4.69) is 22.1 Å². The summed E-state index contributed by atoms with van der Waals surface area (Å²) in [5.74, 6) is 0.630. The lowest BCUT2D eigenvalue weighted by Crippen LogP contribution is -2.24. The molecule has 0 bridgehead atoms. The molecular formula is C32H33FN2O3. The van der Waals surface area contributed by atoms with Gasteiger partial charge in [0, 0.05) is 48.0 Å². The highest BCUT2D eigenvalue weighted by Crippen LogP contribution is 2.58. The molecule has 1 aromatic heterocycles. The summed E-state index contributed by atoms with van der Waals surface area (Å²) in [6.07, 6.45) is 11.6. The number of hydrogen-bond acceptors (Lipinski definition) is 5. The van der Waals surface area contributed by atoms with Crippen LogP contribution < -0.4 is 0 Å². The third-order valence-corrected chi connectivity index (χ3v) is 8.59. The summed E-state index contributed by atoms with van der Waals surface area (Å²) in [5.41, 5.74) is 5.31. The number of allylic oxidation sites excluding steroid dienone is 1. The molecule has 0 saturated heterocycles. The monoisotopic (exact) mass is 512 g/mol. The van der Waals surface area contributed by atoms with E-state index in [1.165, 1.54) is 17.2 Å². The number of rotatable bonds is 8. The van der Waals surface area contributed by atoms with Gasteiger partial charge in [0.25, 0.3) is 0 Å². The minimum atomic E-state index is -0.827. The smallest absolute Gasteiger partial charge is 0.166 e. The Morgan fingerprint density at radius 1 is 1.11 bits per heavy atom. The Hall–Kier alpha value is -3.22. The number of ketones is 1. The Morgan fingerprint density at radius 2 is 1.87 bits per heavy atom. The van der Waals surface area contributed by atoms with Crippen molar-refractivity contribution in [3.8, 4) is 11.1 Å². The highest BCUT2D eigenvalue weighted by atomic mass is 19.1. The van der Waals surface area contributed by atoms with Gasteiger partial charge in [-0.1, -0.05) is 29.8 Å². The van der Waals surface area contributed by atoms with Crippen LogP contribution in [0.25, 0.3) is 11.1 Å². The van der Waals surface area contributed by atoms with Crippen molar-refractivity contribution in [2.75, 3.05) is 6.61 Å².